The van der Waals surface area contributed by atoms with Gasteiger partial charge in [0.25, 0.3) is 0 Å². The van der Waals surface area contributed by atoms with Crippen molar-refractivity contribution in [3.8, 4) is 6.07 Å². The molecule has 0 aromatic heterocycles. The van der Waals surface area contributed by atoms with Gasteiger partial charge in [-0.3, -0.25) is 0 Å². The van der Waals surface area contributed by atoms with Crippen LogP contribution in [-0.2, 0) is 6.54 Å². The molecular weight excluding hydrogens is 217 g/mol. The van der Waals surface area contributed by atoms with Gasteiger partial charge < -0.3 is 10.2 Å². The SMILES string of the molecule is CC(CNCc1cccc(C#N)c1F)N(C)C. The van der Waals surface area contributed by atoms with E-state index in [0.717, 1.165) is 6.54 Å². The summed E-state index contributed by atoms with van der Waals surface area (Å²) in [7, 11) is 4.01. The summed E-state index contributed by atoms with van der Waals surface area (Å²) in [6.45, 7) is 3.32. The summed E-state index contributed by atoms with van der Waals surface area (Å²) in [5.74, 6) is -0.417. The molecule has 1 aromatic carbocycles. The van der Waals surface area contributed by atoms with Crippen LogP contribution in [-0.4, -0.2) is 31.6 Å². The van der Waals surface area contributed by atoms with Crippen LogP contribution in [0.15, 0.2) is 18.2 Å². The first kappa shape index (κ1) is 13.6. The van der Waals surface area contributed by atoms with Crippen molar-refractivity contribution in [2.24, 2.45) is 0 Å². The highest BCUT2D eigenvalue weighted by atomic mass is 19.1. The third-order valence-electron chi connectivity index (χ3n) is 2.84. The van der Waals surface area contributed by atoms with Crippen LogP contribution in [0.5, 0.6) is 0 Å². The van der Waals surface area contributed by atoms with Gasteiger partial charge >= 0.3 is 0 Å². The van der Waals surface area contributed by atoms with Crippen molar-refractivity contribution in [1.82, 2.24) is 10.2 Å². The normalized spacial score (nSPS) is 12.5. The Hall–Kier alpha value is -1.44. The number of nitrogens with zero attached hydrogens (tertiary/aromatic N) is 2. The van der Waals surface area contributed by atoms with Gasteiger partial charge in [0, 0.05) is 24.7 Å². The van der Waals surface area contributed by atoms with Crippen LogP contribution in [0, 0.1) is 17.1 Å². The molecule has 1 rings (SSSR count). The summed E-state index contributed by atoms with van der Waals surface area (Å²) in [5, 5.41) is 11.9. The largest absolute Gasteiger partial charge is 0.311 e. The molecule has 17 heavy (non-hydrogen) atoms. The number of rotatable bonds is 5. The molecule has 4 heteroatoms. The lowest BCUT2D eigenvalue weighted by Gasteiger charge is -2.20. The highest BCUT2D eigenvalue weighted by Crippen LogP contribution is 2.11. The van der Waals surface area contributed by atoms with Crippen molar-refractivity contribution in [2.75, 3.05) is 20.6 Å². The highest BCUT2D eigenvalue weighted by Gasteiger charge is 2.08. The fraction of sp³-hybridized carbons (Fsp3) is 0.462. The number of nitrogens with one attached hydrogen (secondary N) is 1. The lowest BCUT2D eigenvalue weighted by atomic mass is 10.1. The average Bonchev–Trinajstić information content (AvgIpc) is 2.31. The van der Waals surface area contributed by atoms with Crippen LogP contribution in [0.2, 0.25) is 0 Å². The third kappa shape index (κ3) is 3.81. The number of benzene rings is 1. The Labute approximate surface area is 102 Å². The summed E-state index contributed by atoms with van der Waals surface area (Å²) in [5.41, 5.74) is 0.639. The molecule has 3 nitrogen and oxygen atoms in total. The maximum absolute atomic E-state index is 13.7. The minimum atomic E-state index is -0.417. The summed E-state index contributed by atoms with van der Waals surface area (Å²) in [6, 6.07) is 7.12. The highest BCUT2D eigenvalue weighted by molar-refractivity contribution is 5.34. The molecule has 1 aromatic rings. The number of hydrogen-bond donors (Lipinski definition) is 1. The molecule has 1 N–H and O–H groups in total. The molecule has 0 amide bonds. The van der Waals surface area contributed by atoms with Gasteiger partial charge in [0.05, 0.1) is 5.56 Å². The quantitative estimate of drug-likeness (QED) is 0.845. The number of likely N-dealkylation sites (N-methyl/N-ethyl adjacent to an activating group) is 1. The minimum absolute atomic E-state index is 0.102. The van der Waals surface area contributed by atoms with E-state index in [1.54, 1.807) is 12.1 Å². The maximum Gasteiger partial charge on any atom is 0.145 e. The van der Waals surface area contributed by atoms with E-state index in [1.165, 1.54) is 6.07 Å². The third-order valence-corrected chi connectivity index (χ3v) is 2.84. The molecule has 0 aliphatic heterocycles. The summed E-state index contributed by atoms with van der Waals surface area (Å²) in [6.07, 6.45) is 0. The van der Waals surface area contributed by atoms with E-state index >= 15 is 0 Å². The monoisotopic (exact) mass is 235 g/mol. The van der Waals surface area contributed by atoms with Crippen LogP contribution < -0.4 is 5.32 Å². The predicted octanol–water partition coefficient (Wildman–Crippen LogP) is 1.74. The smallest absolute Gasteiger partial charge is 0.145 e. The van der Waals surface area contributed by atoms with E-state index in [-0.39, 0.29) is 5.56 Å². The zero-order chi connectivity index (χ0) is 12.8. The molecule has 0 heterocycles. The van der Waals surface area contributed by atoms with Gasteiger partial charge in [-0.2, -0.15) is 5.26 Å². The average molecular weight is 235 g/mol. The Morgan fingerprint density at radius 2 is 2.18 bits per heavy atom. The zero-order valence-corrected chi connectivity index (χ0v) is 10.5. The molecule has 0 aliphatic carbocycles. The molecule has 0 bridgehead atoms. The molecule has 1 atom stereocenters. The Morgan fingerprint density at radius 1 is 1.47 bits per heavy atom. The van der Waals surface area contributed by atoms with E-state index in [9.17, 15) is 4.39 Å². The van der Waals surface area contributed by atoms with Gasteiger partial charge in [-0.1, -0.05) is 12.1 Å². The minimum Gasteiger partial charge on any atom is -0.311 e. The standard InChI is InChI=1S/C13H18FN3/c1-10(17(2)3)8-16-9-12-6-4-5-11(7-15)13(12)14/h4-6,10,16H,8-9H2,1-3H3. The molecule has 92 valence electrons. The van der Waals surface area contributed by atoms with Crippen LogP contribution in [0.4, 0.5) is 4.39 Å². The van der Waals surface area contributed by atoms with Crippen molar-refractivity contribution in [2.45, 2.75) is 19.5 Å². The van der Waals surface area contributed by atoms with Gasteiger partial charge in [0.2, 0.25) is 0 Å². The zero-order valence-electron chi connectivity index (χ0n) is 10.5. The molecule has 0 saturated carbocycles. The lowest BCUT2D eigenvalue weighted by Crippen LogP contribution is -2.35. The summed E-state index contributed by atoms with van der Waals surface area (Å²) >= 11 is 0. The molecule has 0 spiro atoms. The second-order valence-electron chi connectivity index (χ2n) is 4.33. The van der Waals surface area contributed by atoms with Gasteiger partial charge in [-0.05, 0) is 27.1 Å². The van der Waals surface area contributed by atoms with E-state index < -0.39 is 5.82 Å². The number of nitriles is 1. The van der Waals surface area contributed by atoms with E-state index in [1.807, 2.05) is 20.2 Å². The lowest BCUT2D eigenvalue weighted by molar-refractivity contribution is 0.302. The Kier molecular flexibility index (Phi) is 5.08. The molecule has 1 unspecified atom stereocenters. The van der Waals surface area contributed by atoms with E-state index in [0.29, 0.717) is 18.2 Å². The van der Waals surface area contributed by atoms with Crippen molar-refractivity contribution in [3.05, 3.63) is 35.1 Å². The number of halogens is 1. The molecule has 0 aliphatic rings. The van der Waals surface area contributed by atoms with Crippen molar-refractivity contribution in [1.29, 1.82) is 5.26 Å². The van der Waals surface area contributed by atoms with Crippen molar-refractivity contribution < 1.29 is 4.39 Å². The topological polar surface area (TPSA) is 39.1 Å². The first-order chi connectivity index (χ1) is 8.06. The van der Waals surface area contributed by atoms with Crippen LogP contribution in [0.1, 0.15) is 18.1 Å². The van der Waals surface area contributed by atoms with Gasteiger partial charge in [0.1, 0.15) is 11.9 Å². The van der Waals surface area contributed by atoms with Crippen LogP contribution in [0.25, 0.3) is 0 Å². The second kappa shape index (κ2) is 6.33. The van der Waals surface area contributed by atoms with Crippen molar-refractivity contribution in [3.63, 3.8) is 0 Å². The van der Waals surface area contributed by atoms with Gasteiger partial charge in [-0.15, -0.1) is 0 Å². The van der Waals surface area contributed by atoms with Crippen molar-refractivity contribution >= 4 is 0 Å². The van der Waals surface area contributed by atoms with Gasteiger partial charge in [-0.25, -0.2) is 4.39 Å². The fourth-order valence-electron chi connectivity index (χ4n) is 1.40. The predicted molar refractivity (Wildman–Crippen MR) is 66.0 cm³/mol. The molecular formula is C13H18FN3. The summed E-state index contributed by atoms with van der Waals surface area (Å²) in [4.78, 5) is 2.09. The molecule has 0 fully saturated rings. The first-order valence-electron chi connectivity index (χ1n) is 5.61. The van der Waals surface area contributed by atoms with E-state index in [2.05, 4.69) is 17.1 Å². The van der Waals surface area contributed by atoms with Gasteiger partial charge in [0.15, 0.2) is 0 Å². The molecule has 0 saturated heterocycles. The van der Waals surface area contributed by atoms with Crippen LogP contribution in [0.3, 0.4) is 0 Å². The maximum atomic E-state index is 13.7. The first-order valence-corrected chi connectivity index (χ1v) is 5.61. The Balaban J connectivity index is 2.56. The summed E-state index contributed by atoms with van der Waals surface area (Å²) < 4.78 is 13.7. The van der Waals surface area contributed by atoms with Crippen LogP contribution >= 0.6 is 0 Å². The number of hydrogen-bond acceptors (Lipinski definition) is 3. The Bertz CT molecular complexity index is 410. The molecule has 0 radical (unpaired) electrons. The fourth-order valence-corrected chi connectivity index (χ4v) is 1.40. The van der Waals surface area contributed by atoms with E-state index in [4.69, 9.17) is 5.26 Å². The second-order valence-corrected chi connectivity index (χ2v) is 4.33. The Morgan fingerprint density at radius 3 is 2.76 bits per heavy atom.